The van der Waals surface area contributed by atoms with Crippen LogP contribution in [0.1, 0.15) is 0 Å². The van der Waals surface area contributed by atoms with Crippen molar-refractivity contribution in [3.63, 3.8) is 0 Å². The van der Waals surface area contributed by atoms with Crippen molar-refractivity contribution in [2.45, 2.75) is 6.29 Å². The highest BCUT2D eigenvalue weighted by Gasteiger charge is 2.24. The quantitative estimate of drug-likeness (QED) is 0.424. The van der Waals surface area contributed by atoms with Crippen LogP contribution in [-0.4, -0.2) is 23.0 Å². The molecule has 1 rings (SSSR count). The van der Waals surface area contributed by atoms with Gasteiger partial charge in [-0.2, -0.15) is 0 Å². The number of aliphatic hydroxyl groups excluding tert-OH is 1. The van der Waals surface area contributed by atoms with Crippen LogP contribution >= 0.6 is 0 Å². The van der Waals surface area contributed by atoms with Crippen LogP contribution in [0.3, 0.4) is 0 Å². The molecule has 0 bridgehead atoms. The van der Waals surface area contributed by atoms with Crippen molar-refractivity contribution in [3.05, 3.63) is 12.3 Å². The van der Waals surface area contributed by atoms with Gasteiger partial charge in [0.05, 0.1) is 6.26 Å². The Bertz CT molecular complexity index is 181. The maximum absolute atomic E-state index is 10.3. The van der Waals surface area contributed by atoms with Crippen molar-refractivity contribution >= 4 is 11.6 Å². The van der Waals surface area contributed by atoms with E-state index in [1.54, 1.807) is 0 Å². The fourth-order valence-corrected chi connectivity index (χ4v) is 0.441. The van der Waals surface area contributed by atoms with Crippen molar-refractivity contribution in [1.29, 1.82) is 0 Å². The fraction of sp³-hybridized carbons (Fsp3) is 0.200. The molecule has 1 unspecified atom stereocenters. The molecule has 1 heterocycles. The van der Waals surface area contributed by atoms with E-state index in [9.17, 15) is 9.59 Å². The zero-order valence-corrected chi connectivity index (χ0v) is 4.40. The second-order valence-electron chi connectivity index (χ2n) is 1.52. The molecule has 0 fully saturated rings. The molecule has 0 aliphatic carbocycles. The van der Waals surface area contributed by atoms with Crippen LogP contribution in [-0.2, 0) is 14.3 Å². The molecular formula is C5H4O4. The summed E-state index contributed by atoms with van der Waals surface area (Å²) in [6, 6.07) is 0. The van der Waals surface area contributed by atoms with Gasteiger partial charge >= 0.3 is 0 Å². The lowest BCUT2D eigenvalue weighted by atomic mass is 10.2. The lowest BCUT2D eigenvalue weighted by molar-refractivity contribution is -0.155. The summed E-state index contributed by atoms with van der Waals surface area (Å²) in [6.45, 7) is 0. The summed E-state index contributed by atoms with van der Waals surface area (Å²) in [7, 11) is 0. The summed E-state index contributed by atoms with van der Waals surface area (Å²) in [4.78, 5) is 20.7. The Kier molecular flexibility index (Phi) is 1.32. The van der Waals surface area contributed by atoms with Crippen LogP contribution < -0.4 is 0 Å². The standard InChI is InChI=1S/C5H4O4/c6-3-1-2-9-5(8)4(3)7/h1-2,5,8H. The molecule has 9 heavy (non-hydrogen) atoms. The predicted octanol–water partition coefficient (Wildman–Crippen LogP) is -1.01. The molecule has 0 aromatic rings. The Balaban J connectivity index is 2.81. The molecule has 48 valence electrons. The van der Waals surface area contributed by atoms with Gasteiger partial charge in [0.25, 0.3) is 12.1 Å². The van der Waals surface area contributed by atoms with Gasteiger partial charge in [0, 0.05) is 6.08 Å². The number of carbonyl (C=O) groups excluding carboxylic acids is 2. The Morgan fingerprint density at radius 2 is 2.22 bits per heavy atom. The molecule has 4 heteroatoms. The summed E-state index contributed by atoms with van der Waals surface area (Å²) in [5.74, 6) is -1.65. The lowest BCUT2D eigenvalue weighted by Crippen LogP contribution is -2.31. The SMILES string of the molecule is O=C1C=COC(O)C1=O. The first-order chi connectivity index (χ1) is 4.22. The summed E-state index contributed by atoms with van der Waals surface area (Å²) in [5.41, 5.74) is 0. The Morgan fingerprint density at radius 3 is 2.67 bits per heavy atom. The molecule has 0 spiro atoms. The van der Waals surface area contributed by atoms with Crippen LogP contribution in [0.2, 0.25) is 0 Å². The minimum Gasteiger partial charge on any atom is -0.465 e. The smallest absolute Gasteiger partial charge is 0.270 e. The van der Waals surface area contributed by atoms with Gasteiger partial charge in [-0.1, -0.05) is 0 Å². The summed E-state index contributed by atoms with van der Waals surface area (Å²) >= 11 is 0. The van der Waals surface area contributed by atoms with E-state index in [1.807, 2.05) is 0 Å². The van der Waals surface area contributed by atoms with E-state index in [4.69, 9.17) is 5.11 Å². The van der Waals surface area contributed by atoms with E-state index in [0.29, 0.717) is 0 Å². The minimum atomic E-state index is -1.59. The van der Waals surface area contributed by atoms with E-state index in [0.717, 1.165) is 12.3 Å². The van der Waals surface area contributed by atoms with E-state index in [2.05, 4.69) is 4.74 Å². The van der Waals surface area contributed by atoms with Crippen LogP contribution in [0, 0.1) is 0 Å². The van der Waals surface area contributed by atoms with Crippen molar-refractivity contribution in [3.8, 4) is 0 Å². The molecule has 0 aromatic carbocycles. The molecule has 1 atom stereocenters. The first kappa shape index (κ1) is 5.97. The fourth-order valence-electron chi connectivity index (χ4n) is 0.441. The summed E-state index contributed by atoms with van der Waals surface area (Å²) in [6.07, 6.45) is 0.367. The second kappa shape index (κ2) is 1.99. The zero-order valence-electron chi connectivity index (χ0n) is 4.40. The maximum Gasteiger partial charge on any atom is 0.270 e. The van der Waals surface area contributed by atoms with E-state index in [-0.39, 0.29) is 0 Å². The molecule has 1 aliphatic rings. The average Bonchev–Trinajstić information content (AvgIpc) is 1.83. The molecule has 0 saturated heterocycles. The van der Waals surface area contributed by atoms with E-state index >= 15 is 0 Å². The Morgan fingerprint density at radius 1 is 1.56 bits per heavy atom. The van der Waals surface area contributed by atoms with Gasteiger partial charge in [-0.25, -0.2) is 0 Å². The number of Topliss-reactive ketones (excluding diaryl/α,β-unsaturated/α-hetero) is 1. The second-order valence-corrected chi connectivity index (χ2v) is 1.52. The highest BCUT2D eigenvalue weighted by Crippen LogP contribution is 1.98. The molecule has 1 N–H and O–H groups in total. The third-order valence-electron chi connectivity index (χ3n) is 0.894. The molecule has 0 radical (unpaired) electrons. The number of rotatable bonds is 0. The van der Waals surface area contributed by atoms with Gasteiger partial charge in [0.1, 0.15) is 0 Å². The molecule has 0 amide bonds. The van der Waals surface area contributed by atoms with Gasteiger partial charge in [-0.3, -0.25) is 9.59 Å². The Hall–Kier alpha value is -1.16. The van der Waals surface area contributed by atoms with Gasteiger partial charge < -0.3 is 9.84 Å². The van der Waals surface area contributed by atoms with Crippen molar-refractivity contribution in [1.82, 2.24) is 0 Å². The van der Waals surface area contributed by atoms with Gasteiger partial charge in [0.15, 0.2) is 0 Å². The molecular weight excluding hydrogens is 124 g/mol. The van der Waals surface area contributed by atoms with Crippen LogP contribution in [0.4, 0.5) is 0 Å². The van der Waals surface area contributed by atoms with Gasteiger partial charge in [0.2, 0.25) is 5.78 Å². The lowest BCUT2D eigenvalue weighted by Gasteiger charge is -2.09. The monoisotopic (exact) mass is 128 g/mol. The zero-order chi connectivity index (χ0) is 6.85. The first-order valence-corrected chi connectivity index (χ1v) is 2.30. The van der Waals surface area contributed by atoms with Crippen LogP contribution in [0.15, 0.2) is 12.3 Å². The Labute approximate surface area is 50.7 Å². The predicted molar refractivity (Wildman–Crippen MR) is 26.2 cm³/mol. The number of carbonyl (C=O) groups is 2. The summed E-state index contributed by atoms with van der Waals surface area (Å²) in [5, 5.41) is 8.50. The highest BCUT2D eigenvalue weighted by atomic mass is 16.6. The number of aliphatic hydroxyl groups is 1. The topological polar surface area (TPSA) is 63.6 Å². The van der Waals surface area contributed by atoms with Crippen molar-refractivity contribution in [2.24, 2.45) is 0 Å². The number of hydrogen-bond acceptors (Lipinski definition) is 4. The minimum absolute atomic E-state index is 0.728. The third kappa shape index (κ3) is 0.972. The van der Waals surface area contributed by atoms with Crippen LogP contribution in [0.25, 0.3) is 0 Å². The molecule has 0 saturated carbocycles. The van der Waals surface area contributed by atoms with Crippen molar-refractivity contribution in [2.75, 3.05) is 0 Å². The highest BCUT2D eigenvalue weighted by molar-refractivity contribution is 6.43. The normalized spacial score (nSPS) is 26.1. The van der Waals surface area contributed by atoms with Crippen LogP contribution in [0.5, 0.6) is 0 Å². The van der Waals surface area contributed by atoms with E-state index in [1.165, 1.54) is 0 Å². The number of ether oxygens (including phenoxy) is 1. The number of hydrogen-bond donors (Lipinski definition) is 1. The number of ketones is 2. The van der Waals surface area contributed by atoms with E-state index < -0.39 is 17.9 Å². The molecule has 4 nitrogen and oxygen atoms in total. The summed E-state index contributed by atoms with van der Waals surface area (Å²) < 4.78 is 4.27. The molecule has 0 aromatic heterocycles. The van der Waals surface area contributed by atoms with Gasteiger partial charge in [-0.05, 0) is 0 Å². The maximum atomic E-state index is 10.3. The average molecular weight is 128 g/mol. The third-order valence-corrected chi connectivity index (χ3v) is 0.894. The largest absolute Gasteiger partial charge is 0.465 e. The molecule has 1 aliphatic heterocycles. The first-order valence-electron chi connectivity index (χ1n) is 2.30. The number of allylic oxidation sites excluding steroid dienone is 1. The van der Waals surface area contributed by atoms with Gasteiger partial charge in [-0.15, -0.1) is 0 Å². The van der Waals surface area contributed by atoms with Crippen molar-refractivity contribution < 1.29 is 19.4 Å².